The van der Waals surface area contributed by atoms with Gasteiger partial charge in [0, 0.05) is 26.3 Å². The second kappa shape index (κ2) is 6.34. The summed E-state index contributed by atoms with van der Waals surface area (Å²) in [5.41, 5.74) is 7.34. The van der Waals surface area contributed by atoms with Crippen LogP contribution in [0.5, 0.6) is 0 Å². The predicted molar refractivity (Wildman–Crippen MR) is 77.5 cm³/mol. The molecule has 0 amide bonds. The number of aromatic nitrogens is 2. The molecule has 0 radical (unpaired) electrons. The van der Waals surface area contributed by atoms with E-state index in [4.69, 9.17) is 10.5 Å². The maximum atomic E-state index is 13.6. The number of nitrogen functional groups attached to an aromatic ring is 1. The van der Waals surface area contributed by atoms with Gasteiger partial charge in [-0.15, -0.1) is 0 Å². The van der Waals surface area contributed by atoms with E-state index in [9.17, 15) is 4.39 Å². The number of hydrogen-bond donors (Lipinski definition) is 1. The van der Waals surface area contributed by atoms with Gasteiger partial charge in [-0.3, -0.25) is 0 Å². The van der Waals surface area contributed by atoms with E-state index in [-0.39, 0.29) is 5.82 Å². The van der Waals surface area contributed by atoms with E-state index < -0.39 is 0 Å². The third-order valence-corrected chi connectivity index (χ3v) is 3.66. The Morgan fingerprint density at radius 2 is 2.16 bits per heavy atom. The Labute approximate surface area is 119 Å². The maximum Gasteiger partial charge on any atom is 0.201 e. The molecule has 0 saturated heterocycles. The molecule has 1 aromatic carbocycles. The van der Waals surface area contributed by atoms with E-state index in [1.165, 1.54) is 6.07 Å². The molecular weight excluding hydrogens is 313 g/mol. The first-order valence-corrected chi connectivity index (χ1v) is 7.02. The summed E-state index contributed by atoms with van der Waals surface area (Å²) in [6.45, 7) is 1.51. The predicted octanol–water partition coefficient (Wildman–Crippen LogP) is 3.34. The van der Waals surface area contributed by atoms with Gasteiger partial charge >= 0.3 is 0 Å². The van der Waals surface area contributed by atoms with Crippen molar-refractivity contribution < 1.29 is 9.13 Å². The number of unbranched alkanes of at least 4 members (excludes halogenated alkanes) is 2. The van der Waals surface area contributed by atoms with Crippen LogP contribution >= 0.6 is 15.9 Å². The van der Waals surface area contributed by atoms with E-state index in [0.717, 1.165) is 37.9 Å². The third kappa shape index (κ3) is 3.25. The standard InChI is InChI=1S/C13H17BrFN3O/c1-19-6-4-2-3-5-18-12-8-10(15)9(14)7-11(12)17-13(18)16/h7-8H,2-6H2,1H3,(H2,16,17). The largest absolute Gasteiger partial charge is 0.385 e. The zero-order chi connectivity index (χ0) is 13.8. The van der Waals surface area contributed by atoms with Gasteiger partial charge in [0.25, 0.3) is 0 Å². The van der Waals surface area contributed by atoms with Crippen molar-refractivity contribution in [2.75, 3.05) is 19.5 Å². The van der Waals surface area contributed by atoms with Crippen molar-refractivity contribution in [1.29, 1.82) is 0 Å². The Morgan fingerprint density at radius 3 is 2.89 bits per heavy atom. The number of nitrogens with zero attached hydrogens (tertiary/aromatic N) is 2. The molecule has 19 heavy (non-hydrogen) atoms. The summed E-state index contributed by atoms with van der Waals surface area (Å²) in [4.78, 5) is 4.25. The van der Waals surface area contributed by atoms with Gasteiger partial charge in [0.1, 0.15) is 5.82 Å². The van der Waals surface area contributed by atoms with Gasteiger partial charge in [-0.1, -0.05) is 0 Å². The quantitative estimate of drug-likeness (QED) is 0.827. The van der Waals surface area contributed by atoms with Crippen LogP contribution in [0.2, 0.25) is 0 Å². The molecule has 2 rings (SSSR count). The molecule has 0 fully saturated rings. The summed E-state index contributed by atoms with van der Waals surface area (Å²) in [6.07, 6.45) is 3.03. The van der Waals surface area contributed by atoms with Crippen molar-refractivity contribution in [3.05, 3.63) is 22.4 Å². The summed E-state index contributed by atoms with van der Waals surface area (Å²) >= 11 is 3.15. The smallest absolute Gasteiger partial charge is 0.201 e. The maximum absolute atomic E-state index is 13.6. The lowest BCUT2D eigenvalue weighted by molar-refractivity contribution is 0.191. The molecule has 104 valence electrons. The van der Waals surface area contributed by atoms with Gasteiger partial charge in [0.05, 0.1) is 15.5 Å². The van der Waals surface area contributed by atoms with E-state index >= 15 is 0 Å². The number of rotatable bonds is 6. The van der Waals surface area contributed by atoms with Crippen LogP contribution in [0, 0.1) is 5.82 Å². The minimum absolute atomic E-state index is 0.298. The monoisotopic (exact) mass is 329 g/mol. The van der Waals surface area contributed by atoms with Crippen LogP contribution in [0.3, 0.4) is 0 Å². The minimum Gasteiger partial charge on any atom is -0.385 e. The second-order valence-corrected chi connectivity index (χ2v) is 5.28. The Kier molecular flexibility index (Phi) is 4.76. The topological polar surface area (TPSA) is 53.1 Å². The van der Waals surface area contributed by atoms with Crippen LogP contribution in [0.1, 0.15) is 19.3 Å². The van der Waals surface area contributed by atoms with Gasteiger partial charge in [-0.05, 0) is 41.3 Å². The van der Waals surface area contributed by atoms with E-state index in [1.54, 1.807) is 13.2 Å². The number of ether oxygens (including phenoxy) is 1. The molecule has 0 aliphatic carbocycles. The first kappa shape index (κ1) is 14.3. The van der Waals surface area contributed by atoms with Crippen LogP contribution in [0.15, 0.2) is 16.6 Å². The molecule has 6 heteroatoms. The first-order chi connectivity index (χ1) is 9.13. The molecule has 0 saturated carbocycles. The molecule has 0 atom stereocenters. The van der Waals surface area contributed by atoms with Gasteiger partial charge in [0.2, 0.25) is 5.95 Å². The lowest BCUT2D eigenvalue weighted by atomic mass is 10.2. The zero-order valence-electron chi connectivity index (χ0n) is 10.8. The van der Waals surface area contributed by atoms with Crippen LogP contribution in [0.25, 0.3) is 11.0 Å². The molecule has 0 bridgehead atoms. The third-order valence-electron chi connectivity index (χ3n) is 3.05. The first-order valence-electron chi connectivity index (χ1n) is 6.23. The summed E-state index contributed by atoms with van der Waals surface area (Å²) in [5, 5.41) is 0. The van der Waals surface area contributed by atoms with Gasteiger partial charge < -0.3 is 15.0 Å². The Balaban J connectivity index is 2.13. The SMILES string of the molecule is COCCCCCn1c(N)nc2cc(Br)c(F)cc21. The number of aryl methyl sites for hydroxylation is 1. The lowest BCUT2D eigenvalue weighted by Gasteiger charge is -2.06. The number of benzene rings is 1. The number of methoxy groups -OCH3 is 1. The van der Waals surface area contributed by atoms with E-state index in [0.29, 0.717) is 15.9 Å². The van der Waals surface area contributed by atoms with Crippen LogP contribution in [-0.4, -0.2) is 23.3 Å². The fourth-order valence-electron chi connectivity index (χ4n) is 2.07. The van der Waals surface area contributed by atoms with Gasteiger partial charge in [0.15, 0.2) is 0 Å². The fourth-order valence-corrected chi connectivity index (χ4v) is 2.40. The fraction of sp³-hybridized carbons (Fsp3) is 0.462. The summed E-state index contributed by atoms with van der Waals surface area (Å²) in [6, 6.07) is 3.13. The molecule has 2 N–H and O–H groups in total. The number of imidazole rings is 1. The van der Waals surface area contributed by atoms with Crippen molar-refractivity contribution in [3.63, 3.8) is 0 Å². The second-order valence-electron chi connectivity index (χ2n) is 4.43. The highest BCUT2D eigenvalue weighted by atomic mass is 79.9. The number of anilines is 1. The Bertz CT molecular complexity index is 571. The number of hydrogen-bond acceptors (Lipinski definition) is 3. The van der Waals surface area contributed by atoms with Crippen LogP contribution in [-0.2, 0) is 11.3 Å². The zero-order valence-corrected chi connectivity index (χ0v) is 12.4. The van der Waals surface area contributed by atoms with Crippen molar-refractivity contribution in [3.8, 4) is 0 Å². The van der Waals surface area contributed by atoms with Gasteiger partial charge in [-0.25, -0.2) is 9.37 Å². The molecule has 1 heterocycles. The molecular formula is C13H17BrFN3O. The molecule has 0 aliphatic heterocycles. The van der Waals surface area contributed by atoms with Gasteiger partial charge in [-0.2, -0.15) is 0 Å². The van der Waals surface area contributed by atoms with Crippen molar-refractivity contribution in [1.82, 2.24) is 9.55 Å². The van der Waals surface area contributed by atoms with Crippen LogP contribution < -0.4 is 5.73 Å². The van der Waals surface area contributed by atoms with E-state index in [2.05, 4.69) is 20.9 Å². The summed E-state index contributed by atoms with van der Waals surface area (Å²) in [5.74, 6) is 0.132. The lowest BCUT2D eigenvalue weighted by Crippen LogP contribution is -2.04. The molecule has 1 aromatic heterocycles. The van der Waals surface area contributed by atoms with E-state index in [1.807, 2.05) is 4.57 Å². The highest BCUT2D eigenvalue weighted by Gasteiger charge is 2.11. The normalized spacial score (nSPS) is 11.3. The summed E-state index contributed by atoms with van der Waals surface area (Å²) in [7, 11) is 1.70. The van der Waals surface area contributed by atoms with Crippen molar-refractivity contribution >= 4 is 32.9 Å². The highest BCUT2D eigenvalue weighted by Crippen LogP contribution is 2.25. The average Bonchev–Trinajstić information content (AvgIpc) is 2.66. The Morgan fingerprint density at radius 1 is 1.37 bits per heavy atom. The number of nitrogens with two attached hydrogens (primary N) is 1. The molecule has 2 aromatic rings. The number of fused-ring (bicyclic) bond motifs is 1. The summed E-state index contributed by atoms with van der Waals surface area (Å²) < 4.78 is 20.9. The average molecular weight is 330 g/mol. The molecule has 0 spiro atoms. The molecule has 4 nitrogen and oxygen atoms in total. The van der Waals surface area contributed by atoms with Crippen LogP contribution in [0.4, 0.5) is 10.3 Å². The van der Waals surface area contributed by atoms with Crippen molar-refractivity contribution in [2.24, 2.45) is 0 Å². The highest BCUT2D eigenvalue weighted by molar-refractivity contribution is 9.10. The molecule has 0 aliphatic rings. The Hall–Kier alpha value is -1.14. The van der Waals surface area contributed by atoms with Crippen molar-refractivity contribution in [2.45, 2.75) is 25.8 Å². The minimum atomic E-state index is -0.298. The molecule has 0 unspecified atom stereocenters. The number of halogens is 2.